The molecule has 0 bridgehead atoms. The first-order chi connectivity index (χ1) is 9.99. The summed E-state index contributed by atoms with van der Waals surface area (Å²) in [4.78, 5) is 36.8. The first-order valence-corrected chi connectivity index (χ1v) is 6.64. The summed E-state index contributed by atoms with van der Waals surface area (Å²) in [7, 11) is 1.22. The van der Waals surface area contributed by atoms with Crippen LogP contribution in [-0.2, 0) is 20.7 Å². The van der Waals surface area contributed by atoms with Crippen LogP contribution in [0.2, 0.25) is 0 Å². The van der Waals surface area contributed by atoms with Crippen LogP contribution in [0.25, 0.3) is 0 Å². The van der Waals surface area contributed by atoms with E-state index in [2.05, 4.69) is 9.73 Å². The van der Waals surface area contributed by atoms with Gasteiger partial charge >= 0.3 is 5.97 Å². The summed E-state index contributed by atoms with van der Waals surface area (Å²) >= 11 is 1.09. The van der Waals surface area contributed by atoms with Crippen LogP contribution in [0.3, 0.4) is 0 Å². The van der Waals surface area contributed by atoms with Crippen molar-refractivity contribution in [3.05, 3.63) is 50.9 Å². The molecule has 1 aromatic rings. The summed E-state index contributed by atoms with van der Waals surface area (Å²) in [6.45, 7) is 0. The van der Waals surface area contributed by atoms with Gasteiger partial charge in [0.2, 0.25) is 0 Å². The molecule has 7 nitrogen and oxygen atoms in total. The number of nitrogens with zero attached hydrogens (tertiary/aromatic N) is 2. The molecule has 1 aliphatic heterocycles. The lowest BCUT2D eigenvalue weighted by Crippen LogP contribution is -1.98. The van der Waals surface area contributed by atoms with Gasteiger partial charge in [0.15, 0.2) is 0 Å². The first kappa shape index (κ1) is 14.9. The molecular weight excluding hydrogens is 296 g/mol. The van der Waals surface area contributed by atoms with E-state index in [1.807, 2.05) is 0 Å². The number of thioether (sulfide) groups is 1. The van der Waals surface area contributed by atoms with Crippen molar-refractivity contribution in [1.82, 2.24) is 0 Å². The van der Waals surface area contributed by atoms with Crippen molar-refractivity contribution in [2.24, 2.45) is 4.99 Å². The lowest BCUT2D eigenvalue weighted by molar-refractivity contribution is -0.384. The van der Waals surface area contributed by atoms with Crippen LogP contribution in [0.4, 0.5) is 5.69 Å². The number of benzene rings is 1. The summed E-state index contributed by atoms with van der Waals surface area (Å²) in [6, 6.07) is 5.99. The van der Waals surface area contributed by atoms with E-state index in [1.54, 1.807) is 12.1 Å². The fourth-order valence-corrected chi connectivity index (χ4v) is 2.51. The number of nitro benzene ring substituents is 1. The molecule has 0 spiro atoms. The Balaban J connectivity index is 2.06. The van der Waals surface area contributed by atoms with E-state index < -0.39 is 16.8 Å². The van der Waals surface area contributed by atoms with Crippen molar-refractivity contribution < 1.29 is 19.2 Å². The van der Waals surface area contributed by atoms with Crippen molar-refractivity contribution >= 4 is 34.4 Å². The van der Waals surface area contributed by atoms with Crippen molar-refractivity contribution in [2.45, 2.75) is 6.42 Å². The molecule has 0 unspecified atom stereocenters. The molecule has 1 aromatic carbocycles. The number of carbonyl (C=O) groups excluding carboxylic acids is 2. The Morgan fingerprint density at radius 1 is 1.43 bits per heavy atom. The SMILES string of the molecule is COC(=O)C=C1SC(Cc2ccc([N+](=O)[O-])cc2)=NC1=O. The van der Waals surface area contributed by atoms with Gasteiger partial charge < -0.3 is 4.74 Å². The molecule has 2 rings (SSSR count). The predicted octanol–water partition coefficient (Wildman–Crippen LogP) is 1.87. The van der Waals surface area contributed by atoms with Crippen molar-refractivity contribution in [3.63, 3.8) is 0 Å². The number of hydrogen-bond donors (Lipinski definition) is 0. The molecule has 0 N–H and O–H groups in total. The fraction of sp³-hybridized carbons (Fsp3) is 0.154. The number of ether oxygens (including phenoxy) is 1. The topological polar surface area (TPSA) is 98.9 Å². The summed E-state index contributed by atoms with van der Waals surface area (Å²) in [6.07, 6.45) is 1.46. The standard InChI is InChI=1S/C13H10N2O5S/c1-20-12(16)7-10-13(17)14-11(21-10)6-8-2-4-9(5-3-8)15(18)19/h2-5,7H,6H2,1H3. The maximum atomic E-state index is 11.6. The van der Waals surface area contributed by atoms with Gasteiger partial charge in [0, 0.05) is 24.6 Å². The van der Waals surface area contributed by atoms with E-state index >= 15 is 0 Å². The van der Waals surface area contributed by atoms with Crippen LogP contribution >= 0.6 is 11.8 Å². The Morgan fingerprint density at radius 3 is 2.67 bits per heavy atom. The summed E-state index contributed by atoms with van der Waals surface area (Å²) in [5, 5.41) is 11.1. The van der Waals surface area contributed by atoms with Gasteiger partial charge in [-0.05, 0) is 5.56 Å². The van der Waals surface area contributed by atoms with Gasteiger partial charge in [-0.15, -0.1) is 0 Å². The van der Waals surface area contributed by atoms with E-state index in [4.69, 9.17) is 0 Å². The first-order valence-electron chi connectivity index (χ1n) is 5.82. The summed E-state index contributed by atoms with van der Waals surface area (Å²) < 4.78 is 4.45. The molecule has 0 radical (unpaired) electrons. The zero-order chi connectivity index (χ0) is 15.4. The fourth-order valence-electron chi connectivity index (χ4n) is 1.60. The third kappa shape index (κ3) is 3.76. The minimum absolute atomic E-state index is 0.00196. The molecule has 8 heteroatoms. The largest absolute Gasteiger partial charge is 0.466 e. The molecule has 21 heavy (non-hydrogen) atoms. The third-order valence-electron chi connectivity index (χ3n) is 2.62. The highest BCUT2D eigenvalue weighted by molar-refractivity contribution is 8.18. The van der Waals surface area contributed by atoms with Gasteiger partial charge in [0.1, 0.15) is 0 Å². The lowest BCUT2D eigenvalue weighted by atomic mass is 10.1. The maximum absolute atomic E-state index is 11.6. The average Bonchev–Trinajstić information content (AvgIpc) is 2.79. The Hall–Kier alpha value is -2.48. The van der Waals surface area contributed by atoms with Crippen molar-refractivity contribution in [3.8, 4) is 0 Å². The number of non-ortho nitro benzene ring substituents is 1. The number of esters is 1. The van der Waals surface area contributed by atoms with Gasteiger partial charge in [-0.3, -0.25) is 14.9 Å². The van der Waals surface area contributed by atoms with E-state index in [9.17, 15) is 19.7 Å². The second kappa shape index (κ2) is 6.31. The Bertz CT molecular complexity index is 664. The van der Waals surface area contributed by atoms with Crippen LogP contribution in [0, 0.1) is 10.1 Å². The Morgan fingerprint density at radius 2 is 2.10 bits per heavy atom. The molecular formula is C13H10N2O5S. The van der Waals surface area contributed by atoms with E-state index in [0.29, 0.717) is 11.5 Å². The van der Waals surface area contributed by atoms with E-state index in [1.165, 1.54) is 19.2 Å². The van der Waals surface area contributed by atoms with Gasteiger partial charge in [0.25, 0.3) is 11.6 Å². The zero-order valence-electron chi connectivity index (χ0n) is 10.9. The monoisotopic (exact) mass is 306 g/mol. The van der Waals surface area contributed by atoms with Crippen molar-refractivity contribution in [2.75, 3.05) is 7.11 Å². The highest BCUT2D eigenvalue weighted by atomic mass is 32.2. The number of rotatable bonds is 4. The molecule has 1 aliphatic rings. The van der Waals surface area contributed by atoms with Gasteiger partial charge in [0.05, 0.1) is 22.0 Å². The Kier molecular flexibility index (Phi) is 4.49. The van der Waals surface area contributed by atoms with E-state index in [0.717, 1.165) is 23.4 Å². The second-order valence-corrected chi connectivity index (χ2v) is 5.16. The van der Waals surface area contributed by atoms with Crippen LogP contribution in [0.15, 0.2) is 40.2 Å². The summed E-state index contributed by atoms with van der Waals surface area (Å²) in [5.74, 6) is -1.10. The quantitative estimate of drug-likeness (QED) is 0.364. The number of carbonyl (C=O) groups is 2. The summed E-state index contributed by atoms with van der Waals surface area (Å²) in [5.41, 5.74) is 0.793. The van der Waals surface area contributed by atoms with Gasteiger partial charge in [-0.1, -0.05) is 23.9 Å². The molecule has 0 fully saturated rings. The predicted molar refractivity (Wildman–Crippen MR) is 76.9 cm³/mol. The van der Waals surface area contributed by atoms with Crippen LogP contribution in [0.1, 0.15) is 5.56 Å². The normalized spacial score (nSPS) is 16.0. The highest BCUT2D eigenvalue weighted by Gasteiger charge is 2.23. The van der Waals surface area contributed by atoms with Gasteiger partial charge in [-0.2, -0.15) is 0 Å². The number of amides is 1. The van der Waals surface area contributed by atoms with E-state index in [-0.39, 0.29) is 10.6 Å². The van der Waals surface area contributed by atoms with Gasteiger partial charge in [-0.25, -0.2) is 9.79 Å². The zero-order valence-corrected chi connectivity index (χ0v) is 11.8. The smallest absolute Gasteiger partial charge is 0.331 e. The Labute approximate surface area is 123 Å². The minimum atomic E-state index is -0.613. The van der Waals surface area contributed by atoms with Crippen molar-refractivity contribution in [1.29, 1.82) is 0 Å². The molecule has 1 amide bonds. The number of methoxy groups -OCH3 is 1. The molecule has 0 aliphatic carbocycles. The number of aliphatic imine (C=N–C) groups is 1. The van der Waals surface area contributed by atoms with Crippen LogP contribution in [0.5, 0.6) is 0 Å². The number of nitro groups is 1. The molecule has 108 valence electrons. The molecule has 1 heterocycles. The second-order valence-electron chi connectivity index (χ2n) is 4.04. The lowest BCUT2D eigenvalue weighted by Gasteiger charge is -1.99. The van der Waals surface area contributed by atoms with Crippen LogP contribution < -0.4 is 0 Å². The molecule has 0 saturated heterocycles. The highest BCUT2D eigenvalue weighted by Crippen LogP contribution is 2.28. The minimum Gasteiger partial charge on any atom is -0.466 e. The third-order valence-corrected chi connectivity index (χ3v) is 3.60. The number of hydrogen-bond acceptors (Lipinski definition) is 6. The maximum Gasteiger partial charge on any atom is 0.331 e. The molecule has 0 saturated carbocycles. The molecule has 0 atom stereocenters. The average molecular weight is 306 g/mol. The van der Waals surface area contributed by atoms with Crippen LogP contribution in [-0.4, -0.2) is 29.0 Å². The molecule has 0 aromatic heterocycles.